The minimum atomic E-state index is -1.29. The summed E-state index contributed by atoms with van der Waals surface area (Å²) in [6, 6.07) is 6.51. The minimum Gasteiger partial charge on any atom is -0.381 e. The number of halogens is 1. The van der Waals surface area contributed by atoms with Crippen LogP contribution in [0.2, 0.25) is 5.02 Å². The van der Waals surface area contributed by atoms with Gasteiger partial charge >= 0.3 is 0 Å². The molecule has 0 aromatic heterocycles. The Balaban J connectivity index is 1.91. The molecule has 2 rings (SSSR count). The molecule has 1 aliphatic heterocycles. The first kappa shape index (κ1) is 18.7. The number of hydrogen-bond donors (Lipinski definition) is 2. The fraction of sp³-hybridized carbons (Fsp3) is 0.529. The number of nitrogens with one attached hydrogen (secondary N) is 1. The van der Waals surface area contributed by atoms with Gasteiger partial charge in [0.25, 0.3) is 5.91 Å². The van der Waals surface area contributed by atoms with Crippen molar-refractivity contribution in [2.45, 2.75) is 44.5 Å². The molecule has 0 spiro atoms. The van der Waals surface area contributed by atoms with E-state index in [-0.39, 0.29) is 12.6 Å². The van der Waals surface area contributed by atoms with Gasteiger partial charge in [0.1, 0.15) is 0 Å². The summed E-state index contributed by atoms with van der Waals surface area (Å²) in [5, 5.41) is 13.5. The summed E-state index contributed by atoms with van der Waals surface area (Å²) in [4.78, 5) is 25.1. The molecule has 24 heavy (non-hydrogen) atoms. The summed E-state index contributed by atoms with van der Waals surface area (Å²) in [6.07, 6.45) is 0.825. The summed E-state index contributed by atoms with van der Waals surface area (Å²) in [5.74, 6) is -0.513. The quantitative estimate of drug-likeness (QED) is 0.724. The molecule has 1 aromatic rings. The third-order valence-corrected chi connectivity index (χ3v) is 4.52. The molecule has 6 nitrogen and oxygen atoms in total. The first-order chi connectivity index (χ1) is 11.5. The summed E-state index contributed by atoms with van der Waals surface area (Å²) in [5.41, 5.74) is 0.840. The smallest absolute Gasteiger partial charge is 0.251 e. The van der Waals surface area contributed by atoms with Crippen LogP contribution in [0.5, 0.6) is 0 Å². The third kappa shape index (κ3) is 4.93. The number of ether oxygens (including phenoxy) is 1. The molecule has 132 valence electrons. The number of rotatable bonds is 7. The summed E-state index contributed by atoms with van der Waals surface area (Å²) in [6.45, 7) is 3.10. The van der Waals surface area contributed by atoms with Crippen molar-refractivity contribution in [3.63, 3.8) is 0 Å². The van der Waals surface area contributed by atoms with Gasteiger partial charge in [-0.15, -0.1) is 0 Å². The highest BCUT2D eigenvalue weighted by atomic mass is 35.5. The van der Waals surface area contributed by atoms with Crippen molar-refractivity contribution >= 4 is 23.9 Å². The van der Waals surface area contributed by atoms with Crippen molar-refractivity contribution in [2.75, 3.05) is 13.2 Å². The number of aliphatic hydroxyl groups is 1. The average Bonchev–Trinajstić information content (AvgIpc) is 2.60. The van der Waals surface area contributed by atoms with E-state index in [9.17, 15) is 14.7 Å². The van der Waals surface area contributed by atoms with Crippen molar-refractivity contribution in [3.8, 4) is 0 Å². The minimum absolute atomic E-state index is 0.0124. The maximum absolute atomic E-state index is 12.2. The van der Waals surface area contributed by atoms with Crippen LogP contribution in [0.3, 0.4) is 0 Å². The second kappa shape index (κ2) is 9.01. The van der Waals surface area contributed by atoms with Crippen LogP contribution in [0, 0.1) is 0 Å². The zero-order chi connectivity index (χ0) is 17.5. The molecule has 1 saturated heterocycles. The Bertz CT molecular complexity index is 563. The number of carbonyl (C=O) groups is 2. The van der Waals surface area contributed by atoms with Gasteiger partial charge in [0, 0.05) is 30.8 Å². The second-order valence-electron chi connectivity index (χ2n) is 5.93. The lowest BCUT2D eigenvalue weighted by molar-refractivity contribution is -0.138. The van der Waals surface area contributed by atoms with E-state index in [1.807, 2.05) is 6.07 Å². The monoisotopic (exact) mass is 354 g/mol. The summed E-state index contributed by atoms with van der Waals surface area (Å²) in [7, 11) is 0. The number of aliphatic hydroxyl groups excluding tert-OH is 1. The molecule has 2 N–H and O–H groups in total. The zero-order valence-corrected chi connectivity index (χ0v) is 14.4. The molecule has 2 unspecified atom stereocenters. The number of hydrogen-bond acceptors (Lipinski definition) is 4. The Labute approximate surface area is 146 Å². The lowest BCUT2D eigenvalue weighted by Crippen LogP contribution is -2.53. The molecule has 0 radical (unpaired) electrons. The van der Waals surface area contributed by atoms with E-state index < -0.39 is 18.1 Å². The van der Waals surface area contributed by atoms with Gasteiger partial charge in [-0.2, -0.15) is 0 Å². The Morgan fingerprint density at radius 1 is 1.50 bits per heavy atom. The maximum Gasteiger partial charge on any atom is 0.251 e. The molecule has 7 heteroatoms. The van der Waals surface area contributed by atoms with Crippen LogP contribution in [-0.4, -0.2) is 53.7 Å². The fourth-order valence-corrected chi connectivity index (χ4v) is 3.03. The molecular formula is C17H23ClN2O4. The predicted molar refractivity (Wildman–Crippen MR) is 90.5 cm³/mol. The standard InChI is InChI=1S/C17H23ClN2O4/c1-12(20(11-21)15-5-7-24-8-6-15)16(22)17(23)19-10-13-3-2-4-14(18)9-13/h2-4,9,11-12,15-16,22H,5-8,10H2,1H3,(H,19,23). The van der Waals surface area contributed by atoms with Crippen LogP contribution in [0.25, 0.3) is 0 Å². The SMILES string of the molecule is CC(C(O)C(=O)NCc1cccc(Cl)c1)N(C=O)C1CCOCC1. The van der Waals surface area contributed by atoms with E-state index in [0.29, 0.717) is 37.5 Å². The predicted octanol–water partition coefficient (Wildman–Crippen LogP) is 1.34. The Morgan fingerprint density at radius 3 is 2.83 bits per heavy atom. The van der Waals surface area contributed by atoms with Crippen LogP contribution < -0.4 is 5.32 Å². The highest BCUT2D eigenvalue weighted by molar-refractivity contribution is 6.30. The number of carbonyl (C=O) groups excluding carboxylic acids is 2. The average molecular weight is 355 g/mol. The fourth-order valence-electron chi connectivity index (χ4n) is 2.82. The molecular weight excluding hydrogens is 332 g/mol. The molecule has 0 bridgehead atoms. The highest BCUT2D eigenvalue weighted by Crippen LogP contribution is 2.17. The third-order valence-electron chi connectivity index (χ3n) is 4.29. The van der Waals surface area contributed by atoms with Crippen LogP contribution >= 0.6 is 11.6 Å². The second-order valence-corrected chi connectivity index (χ2v) is 6.37. The maximum atomic E-state index is 12.2. The summed E-state index contributed by atoms with van der Waals surface area (Å²) >= 11 is 5.90. The Kier molecular flexibility index (Phi) is 7.02. The molecule has 1 fully saturated rings. The lowest BCUT2D eigenvalue weighted by Gasteiger charge is -2.37. The first-order valence-electron chi connectivity index (χ1n) is 8.03. The van der Waals surface area contributed by atoms with Gasteiger partial charge in [0.2, 0.25) is 6.41 Å². The van der Waals surface area contributed by atoms with E-state index in [1.165, 1.54) is 4.90 Å². The molecule has 1 aliphatic rings. The Morgan fingerprint density at radius 2 is 2.21 bits per heavy atom. The zero-order valence-electron chi connectivity index (χ0n) is 13.7. The molecule has 0 saturated carbocycles. The topological polar surface area (TPSA) is 78.9 Å². The van der Waals surface area contributed by atoms with Crippen LogP contribution in [-0.2, 0) is 20.9 Å². The van der Waals surface area contributed by atoms with Gasteiger partial charge in [-0.25, -0.2) is 0 Å². The van der Waals surface area contributed by atoms with Gasteiger partial charge in [0.15, 0.2) is 6.10 Å². The normalized spacial score (nSPS) is 17.8. The van der Waals surface area contributed by atoms with Crippen molar-refractivity contribution < 1.29 is 19.4 Å². The first-order valence-corrected chi connectivity index (χ1v) is 8.41. The van der Waals surface area contributed by atoms with Crippen LogP contribution in [0.1, 0.15) is 25.3 Å². The number of amides is 2. The highest BCUT2D eigenvalue weighted by Gasteiger charge is 2.31. The van der Waals surface area contributed by atoms with Crippen LogP contribution in [0.15, 0.2) is 24.3 Å². The van der Waals surface area contributed by atoms with E-state index in [1.54, 1.807) is 25.1 Å². The summed E-state index contributed by atoms with van der Waals surface area (Å²) < 4.78 is 5.28. The van der Waals surface area contributed by atoms with Crippen molar-refractivity contribution in [1.29, 1.82) is 0 Å². The van der Waals surface area contributed by atoms with Crippen molar-refractivity contribution in [1.82, 2.24) is 10.2 Å². The molecule has 1 heterocycles. The molecule has 0 aliphatic carbocycles. The Hall–Kier alpha value is -1.63. The lowest BCUT2D eigenvalue weighted by atomic mass is 10.0. The van der Waals surface area contributed by atoms with Gasteiger partial charge < -0.3 is 20.1 Å². The van der Waals surface area contributed by atoms with E-state index >= 15 is 0 Å². The van der Waals surface area contributed by atoms with Crippen LogP contribution in [0.4, 0.5) is 0 Å². The molecule has 1 aromatic carbocycles. The van der Waals surface area contributed by atoms with Gasteiger partial charge in [-0.3, -0.25) is 9.59 Å². The van der Waals surface area contributed by atoms with E-state index in [4.69, 9.17) is 16.3 Å². The van der Waals surface area contributed by atoms with Gasteiger partial charge in [-0.05, 0) is 37.5 Å². The van der Waals surface area contributed by atoms with Gasteiger partial charge in [-0.1, -0.05) is 23.7 Å². The largest absolute Gasteiger partial charge is 0.381 e. The van der Waals surface area contributed by atoms with Crippen molar-refractivity contribution in [2.24, 2.45) is 0 Å². The van der Waals surface area contributed by atoms with E-state index in [0.717, 1.165) is 5.56 Å². The molecule has 2 atom stereocenters. The number of nitrogens with zero attached hydrogens (tertiary/aromatic N) is 1. The number of benzene rings is 1. The van der Waals surface area contributed by atoms with E-state index in [2.05, 4.69) is 5.32 Å². The van der Waals surface area contributed by atoms with Gasteiger partial charge in [0.05, 0.1) is 6.04 Å². The van der Waals surface area contributed by atoms with Crippen molar-refractivity contribution in [3.05, 3.63) is 34.9 Å². The molecule has 2 amide bonds.